The van der Waals surface area contributed by atoms with Crippen molar-refractivity contribution in [2.45, 2.75) is 38.1 Å². The van der Waals surface area contributed by atoms with Crippen molar-refractivity contribution in [1.29, 1.82) is 0 Å². The van der Waals surface area contributed by atoms with Gasteiger partial charge in [-0.15, -0.1) is 0 Å². The molecule has 18 heavy (non-hydrogen) atoms. The molecular weight excluding hydrogens is 224 g/mol. The van der Waals surface area contributed by atoms with Crippen molar-refractivity contribution in [2.24, 2.45) is 0 Å². The molecule has 2 fully saturated rings. The fraction of sp³-hybridized carbons (Fsp3) is 0.786. The Morgan fingerprint density at radius 3 is 2.94 bits per heavy atom. The number of hydrogen-bond donors (Lipinski definition) is 1. The van der Waals surface area contributed by atoms with Crippen LogP contribution in [0.25, 0.3) is 0 Å². The topological polar surface area (TPSA) is 33.1 Å². The minimum atomic E-state index is 0.584. The first-order valence-electron chi connectivity index (χ1n) is 7.19. The van der Waals surface area contributed by atoms with Gasteiger partial charge in [-0.25, -0.2) is 0 Å². The molecule has 0 aliphatic carbocycles. The second kappa shape index (κ2) is 5.02. The summed E-state index contributed by atoms with van der Waals surface area (Å²) in [5.74, 6) is 0.673. The van der Waals surface area contributed by atoms with E-state index in [1.54, 1.807) is 0 Å². The number of likely N-dealkylation sites (tertiary alicyclic amines) is 1. The Morgan fingerprint density at radius 2 is 2.28 bits per heavy atom. The van der Waals surface area contributed by atoms with E-state index in [0.717, 1.165) is 13.1 Å². The van der Waals surface area contributed by atoms with Crippen LogP contribution in [0, 0.1) is 6.92 Å². The van der Waals surface area contributed by atoms with E-state index in [0.29, 0.717) is 12.0 Å². The molecule has 0 amide bonds. The molecule has 4 nitrogen and oxygen atoms in total. The third-order valence-corrected chi connectivity index (χ3v) is 4.53. The monoisotopic (exact) mass is 248 g/mol. The number of hydrogen-bond acceptors (Lipinski definition) is 3. The first-order valence-corrected chi connectivity index (χ1v) is 7.19. The number of piperidine rings is 1. The predicted molar refractivity (Wildman–Crippen MR) is 73.0 cm³/mol. The van der Waals surface area contributed by atoms with E-state index in [1.807, 2.05) is 0 Å². The Kier molecular flexibility index (Phi) is 3.39. The molecule has 2 unspecified atom stereocenters. The summed E-state index contributed by atoms with van der Waals surface area (Å²) in [6.45, 7) is 6.89. The van der Waals surface area contributed by atoms with Gasteiger partial charge in [-0.3, -0.25) is 4.68 Å². The van der Waals surface area contributed by atoms with E-state index in [-0.39, 0.29) is 0 Å². The van der Waals surface area contributed by atoms with Gasteiger partial charge in [0.1, 0.15) is 0 Å². The molecule has 1 aromatic rings. The van der Waals surface area contributed by atoms with Crippen LogP contribution in [0.4, 0.5) is 0 Å². The van der Waals surface area contributed by atoms with Gasteiger partial charge >= 0.3 is 0 Å². The van der Waals surface area contributed by atoms with Crippen molar-refractivity contribution >= 4 is 0 Å². The summed E-state index contributed by atoms with van der Waals surface area (Å²) >= 11 is 0. The van der Waals surface area contributed by atoms with Crippen LogP contribution < -0.4 is 5.32 Å². The lowest BCUT2D eigenvalue weighted by atomic mass is 9.92. The van der Waals surface area contributed by atoms with Crippen LogP contribution in [0.1, 0.15) is 42.5 Å². The average Bonchev–Trinajstić information content (AvgIpc) is 2.97. The normalized spacial score (nSPS) is 29.9. The highest BCUT2D eigenvalue weighted by Crippen LogP contribution is 2.29. The molecule has 2 aliphatic heterocycles. The van der Waals surface area contributed by atoms with Crippen molar-refractivity contribution < 1.29 is 0 Å². The zero-order chi connectivity index (χ0) is 12.5. The van der Waals surface area contributed by atoms with Crippen LogP contribution in [-0.2, 0) is 0 Å². The molecule has 100 valence electrons. The predicted octanol–water partition coefficient (Wildman–Crippen LogP) is 1.54. The Labute approximate surface area is 109 Å². The van der Waals surface area contributed by atoms with Crippen LogP contribution in [0.3, 0.4) is 0 Å². The summed E-state index contributed by atoms with van der Waals surface area (Å²) in [7, 11) is 2.20. The standard InChI is InChI=1S/C14H24N4/c1-11-14(12-4-3-6-15-8-12)9-16-18(11)13-5-7-17(2)10-13/h9,12-13,15H,3-8,10H2,1-2H3. The highest BCUT2D eigenvalue weighted by Gasteiger charge is 2.26. The summed E-state index contributed by atoms with van der Waals surface area (Å²) < 4.78 is 2.27. The zero-order valence-electron chi connectivity index (χ0n) is 11.5. The molecule has 0 aromatic carbocycles. The van der Waals surface area contributed by atoms with E-state index in [2.05, 4.69) is 40.2 Å². The van der Waals surface area contributed by atoms with E-state index in [9.17, 15) is 0 Å². The Bertz CT molecular complexity index is 384. The van der Waals surface area contributed by atoms with E-state index in [1.165, 1.54) is 43.6 Å². The van der Waals surface area contributed by atoms with Gasteiger partial charge in [-0.05, 0) is 57.8 Å². The molecule has 3 rings (SSSR count). The highest BCUT2D eigenvalue weighted by atomic mass is 15.3. The molecule has 0 spiro atoms. The fourth-order valence-corrected chi connectivity index (χ4v) is 3.43. The van der Waals surface area contributed by atoms with Crippen LogP contribution in [0.15, 0.2) is 6.20 Å². The molecule has 4 heteroatoms. The van der Waals surface area contributed by atoms with E-state index >= 15 is 0 Å². The molecule has 0 radical (unpaired) electrons. The number of nitrogens with zero attached hydrogens (tertiary/aromatic N) is 3. The Morgan fingerprint density at radius 1 is 1.39 bits per heavy atom. The van der Waals surface area contributed by atoms with Crippen molar-refractivity contribution in [3.8, 4) is 0 Å². The first kappa shape index (κ1) is 12.2. The third kappa shape index (κ3) is 2.19. The van der Waals surface area contributed by atoms with Crippen molar-refractivity contribution in [3.63, 3.8) is 0 Å². The quantitative estimate of drug-likeness (QED) is 0.862. The molecule has 1 aromatic heterocycles. The lowest BCUT2D eigenvalue weighted by molar-refractivity contribution is 0.379. The molecule has 2 aliphatic rings. The minimum Gasteiger partial charge on any atom is -0.316 e. The lowest BCUT2D eigenvalue weighted by Crippen LogP contribution is -2.28. The maximum Gasteiger partial charge on any atom is 0.0661 e. The molecule has 3 heterocycles. The summed E-state index contributed by atoms with van der Waals surface area (Å²) in [5.41, 5.74) is 2.86. The van der Waals surface area contributed by atoms with Crippen LogP contribution in [-0.4, -0.2) is 47.9 Å². The maximum absolute atomic E-state index is 4.67. The number of rotatable bonds is 2. The number of aromatic nitrogens is 2. The molecule has 0 bridgehead atoms. The van der Waals surface area contributed by atoms with Crippen LogP contribution in [0.5, 0.6) is 0 Å². The second-order valence-electron chi connectivity index (χ2n) is 5.88. The largest absolute Gasteiger partial charge is 0.316 e. The van der Waals surface area contributed by atoms with Crippen molar-refractivity contribution in [2.75, 3.05) is 33.2 Å². The van der Waals surface area contributed by atoms with Crippen molar-refractivity contribution in [3.05, 3.63) is 17.5 Å². The molecule has 1 N–H and O–H groups in total. The SMILES string of the molecule is Cc1c(C2CCCNC2)cnn1C1CCN(C)C1. The van der Waals surface area contributed by atoms with Gasteiger partial charge in [0.05, 0.1) is 12.2 Å². The molecular formula is C14H24N4. The number of likely N-dealkylation sites (N-methyl/N-ethyl adjacent to an activating group) is 1. The smallest absolute Gasteiger partial charge is 0.0661 e. The van der Waals surface area contributed by atoms with Crippen molar-refractivity contribution in [1.82, 2.24) is 20.0 Å². The number of nitrogens with one attached hydrogen (secondary N) is 1. The van der Waals surface area contributed by atoms with Crippen LogP contribution in [0.2, 0.25) is 0 Å². The van der Waals surface area contributed by atoms with Gasteiger partial charge in [-0.1, -0.05) is 0 Å². The van der Waals surface area contributed by atoms with Gasteiger partial charge < -0.3 is 10.2 Å². The van der Waals surface area contributed by atoms with Gasteiger partial charge in [0.2, 0.25) is 0 Å². The lowest BCUT2D eigenvalue weighted by Gasteiger charge is -2.23. The van der Waals surface area contributed by atoms with Gasteiger partial charge in [0, 0.05) is 18.8 Å². The zero-order valence-corrected chi connectivity index (χ0v) is 11.5. The fourth-order valence-electron chi connectivity index (χ4n) is 3.43. The molecule has 0 saturated carbocycles. The minimum absolute atomic E-state index is 0.584. The Hall–Kier alpha value is -0.870. The third-order valence-electron chi connectivity index (χ3n) is 4.53. The highest BCUT2D eigenvalue weighted by molar-refractivity contribution is 5.23. The van der Waals surface area contributed by atoms with E-state index in [4.69, 9.17) is 0 Å². The summed E-state index contributed by atoms with van der Waals surface area (Å²) in [4.78, 5) is 2.40. The van der Waals surface area contributed by atoms with Gasteiger partial charge in [0.15, 0.2) is 0 Å². The summed E-state index contributed by atoms with van der Waals surface area (Å²) in [6, 6.07) is 0.584. The molecule has 2 atom stereocenters. The Balaban J connectivity index is 1.79. The van der Waals surface area contributed by atoms with Gasteiger partial charge in [0.25, 0.3) is 0 Å². The summed E-state index contributed by atoms with van der Waals surface area (Å²) in [5, 5.41) is 8.17. The van der Waals surface area contributed by atoms with Gasteiger partial charge in [-0.2, -0.15) is 5.10 Å². The average molecular weight is 248 g/mol. The summed E-state index contributed by atoms with van der Waals surface area (Å²) in [6.07, 6.45) is 5.96. The molecule has 2 saturated heterocycles. The maximum atomic E-state index is 4.67. The van der Waals surface area contributed by atoms with E-state index < -0.39 is 0 Å². The first-order chi connectivity index (χ1) is 8.75. The second-order valence-corrected chi connectivity index (χ2v) is 5.88. The van der Waals surface area contributed by atoms with Crippen LogP contribution >= 0.6 is 0 Å².